The van der Waals surface area contributed by atoms with Crippen molar-refractivity contribution in [3.05, 3.63) is 11.8 Å². The number of rotatable bonds is 2. The Morgan fingerprint density at radius 1 is 1.31 bits per heavy atom. The maximum absolute atomic E-state index is 13.6. The summed E-state index contributed by atoms with van der Waals surface area (Å²) in [7, 11) is -3.16. The molecule has 4 heterocycles. The highest BCUT2D eigenvalue weighted by Crippen LogP contribution is 2.42. The van der Waals surface area contributed by atoms with Gasteiger partial charge < -0.3 is 10.2 Å². The van der Waals surface area contributed by atoms with Gasteiger partial charge in [-0.2, -0.15) is 18.3 Å². The van der Waals surface area contributed by atoms with Crippen LogP contribution in [0.3, 0.4) is 0 Å². The zero-order chi connectivity index (χ0) is 21.0. The molecule has 1 aromatic rings. The molecule has 0 radical (unpaired) electrons. The molecule has 1 aromatic heterocycles. The average Bonchev–Trinajstić information content (AvgIpc) is 3.20. The van der Waals surface area contributed by atoms with E-state index >= 15 is 0 Å². The van der Waals surface area contributed by atoms with Gasteiger partial charge >= 0.3 is 6.18 Å². The first-order valence-electron chi connectivity index (χ1n) is 9.92. The number of nitrogens with one attached hydrogen (secondary N) is 1. The minimum atomic E-state index is -4.41. The summed E-state index contributed by atoms with van der Waals surface area (Å²) in [5.41, 5.74) is 0.519. The van der Waals surface area contributed by atoms with Gasteiger partial charge in [-0.25, -0.2) is 13.1 Å². The number of nitrogens with zero attached hydrogens (tertiary/aromatic N) is 3. The van der Waals surface area contributed by atoms with Crippen LogP contribution in [0, 0.1) is 18.8 Å². The molecule has 4 rings (SSSR count). The van der Waals surface area contributed by atoms with Crippen LogP contribution in [0.2, 0.25) is 0 Å². The molecule has 0 spiro atoms. The summed E-state index contributed by atoms with van der Waals surface area (Å²) < 4.78 is 65.3. The fraction of sp³-hybridized carbons (Fsp3) is 0.778. The van der Waals surface area contributed by atoms with Gasteiger partial charge in [0.05, 0.1) is 23.1 Å². The Bertz CT molecular complexity index is 899. The number of halogens is 3. The lowest BCUT2D eigenvalue weighted by Gasteiger charge is -2.42. The zero-order valence-electron chi connectivity index (χ0n) is 16.2. The minimum Gasteiger partial charge on any atom is -0.367 e. The number of aryl methyl sites for hydroxylation is 1. The molecule has 0 aromatic carbocycles. The van der Waals surface area contributed by atoms with Gasteiger partial charge in [0.2, 0.25) is 5.91 Å². The Labute approximate surface area is 167 Å². The first-order chi connectivity index (χ1) is 13.5. The SMILES string of the molecule is Cc1cc2n(n1)[C@@H](C(F)(F)F)C[C@@H]([C@H]1CCCN(C(=O)[C@@H]3CCS(=O)(=O)C3)C1)N2. The summed E-state index contributed by atoms with van der Waals surface area (Å²) in [5.74, 6) is -0.569. The molecule has 0 aliphatic carbocycles. The molecule has 0 saturated carbocycles. The van der Waals surface area contributed by atoms with E-state index in [1.807, 2.05) is 0 Å². The van der Waals surface area contributed by atoms with Crippen molar-refractivity contribution in [2.24, 2.45) is 11.8 Å². The van der Waals surface area contributed by atoms with Crippen LogP contribution in [0.1, 0.15) is 37.4 Å². The van der Waals surface area contributed by atoms with Gasteiger partial charge in [-0.05, 0) is 38.5 Å². The largest absolute Gasteiger partial charge is 0.410 e. The number of fused-ring (bicyclic) bond motifs is 1. The second-order valence-electron chi connectivity index (χ2n) is 8.45. The number of amides is 1. The minimum absolute atomic E-state index is 0.0292. The zero-order valence-corrected chi connectivity index (χ0v) is 17.0. The van der Waals surface area contributed by atoms with Gasteiger partial charge in [-0.15, -0.1) is 0 Å². The first-order valence-corrected chi connectivity index (χ1v) is 11.7. The molecule has 0 unspecified atom stereocenters. The van der Waals surface area contributed by atoms with Crippen LogP contribution in [-0.4, -0.2) is 65.8 Å². The van der Waals surface area contributed by atoms with Crippen molar-refractivity contribution in [1.82, 2.24) is 14.7 Å². The number of anilines is 1. The van der Waals surface area contributed by atoms with E-state index < -0.39 is 34.0 Å². The highest BCUT2D eigenvalue weighted by Gasteiger charge is 2.48. The molecule has 1 N–H and O–H groups in total. The maximum Gasteiger partial charge on any atom is 0.410 e. The fourth-order valence-electron chi connectivity index (χ4n) is 4.82. The highest BCUT2D eigenvalue weighted by atomic mass is 32.2. The molecule has 162 valence electrons. The molecule has 2 fully saturated rings. The normalized spacial score (nSPS) is 31.9. The molecule has 3 aliphatic rings. The Hall–Kier alpha value is -1.78. The Morgan fingerprint density at radius 3 is 2.72 bits per heavy atom. The van der Waals surface area contributed by atoms with Crippen molar-refractivity contribution in [2.45, 2.75) is 50.9 Å². The predicted octanol–water partition coefficient (Wildman–Crippen LogP) is 2.15. The Balaban J connectivity index is 1.49. The lowest BCUT2D eigenvalue weighted by Crippen LogP contribution is -2.50. The molecule has 0 bridgehead atoms. The Kier molecular flexibility index (Phi) is 5.07. The van der Waals surface area contributed by atoms with Gasteiger partial charge in [0.1, 0.15) is 5.82 Å². The van der Waals surface area contributed by atoms with E-state index in [0.29, 0.717) is 37.4 Å². The van der Waals surface area contributed by atoms with E-state index in [9.17, 15) is 26.4 Å². The summed E-state index contributed by atoms with van der Waals surface area (Å²) in [6.07, 6.45) is -2.79. The first kappa shape index (κ1) is 20.5. The van der Waals surface area contributed by atoms with E-state index in [-0.39, 0.29) is 29.8 Å². The topological polar surface area (TPSA) is 84.3 Å². The predicted molar refractivity (Wildman–Crippen MR) is 100 cm³/mol. The van der Waals surface area contributed by atoms with Crippen LogP contribution in [0.5, 0.6) is 0 Å². The summed E-state index contributed by atoms with van der Waals surface area (Å²) in [6, 6.07) is -0.503. The fourth-order valence-corrected chi connectivity index (χ4v) is 6.55. The average molecular weight is 434 g/mol. The van der Waals surface area contributed by atoms with E-state index in [4.69, 9.17) is 0 Å². The summed E-state index contributed by atoms with van der Waals surface area (Å²) in [4.78, 5) is 14.4. The van der Waals surface area contributed by atoms with Crippen LogP contribution < -0.4 is 5.32 Å². The third kappa shape index (κ3) is 4.10. The van der Waals surface area contributed by atoms with Gasteiger partial charge in [0.25, 0.3) is 0 Å². The molecule has 1 amide bonds. The lowest BCUT2D eigenvalue weighted by molar-refractivity contribution is -0.175. The number of carbonyl (C=O) groups excluding carboxylic acids is 1. The Morgan fingerprint density at radius 2 is 2.07 bits per heavy atom. The second-order valence-corrected chi connectivity index (χ2v) is 10.7. The van der Waals surface area contributed by atoms with Crippen LogP contribution in [0.15, 0.2) is 6.07 Å². The van der Waals surface area contributed by atoms with Gasteiger partial charge in [-0.3, -0.25) is 4.79 Å². The smallest absolute Gasteiger partial charge is 0.367 e. The number of sulfone groups is 1. The van der Waals surface area contributed by atoms with Gasteiger partial charge in [0.15, 0.2) is 15.9 Å². The summed E-state index contributed by atoms with van der Waals surface area (Å²) >= 11 is 0. The van der Waals surface area contributed by atoms with Crippen molar-refractivity contribution in [2.75, 3.05) is 29.9 Å². The molecule has 7 nitrogen and oxygen atoms in total. The van der Waals surface area contributed by atoms with Gasteiger partial charge in [0, 0.05) is 25.2 Å². The van der Waals surface area contributed by atoms with Crippen LogP contribution in [0.25, 0.3) is 0 Å². The molecular formula is C18H25F3N4O3S. The molecule has 4 atom stereocenters. The second kappa shape index (κ2) is 7.17. The number of hydrogen-bond donors (Lipinski definition) is 1. The highest BCUT2D eigenvalue weighted by molar-refractivity contribution is 7.91. The number of alkyl halides is 3. The maximum atomic E-state index is 13.6. The number of carbonyl (C=O) groups is 1. The van der Waals surface area contributed by atoms with E-state index in [2.05, 4.69) is 10.4 Å². The van der Waals surface area contributed by atoms with Crippen LogP contribution in [0.4, 0.5) is 19.0 Å². The van der Waals surface area contributed by atoms with Crippen molar-refractivity contribution in [1.29, 1.82) is 0 Å². The molecule has 11 heteroatoms. The van der Waals surface area contributed by atoms with Crippen molar-refractivity contribution < 1.29 is 26.4 Å². The van der Waals surface area contributed by atoms with Crippen molar-refractivity contribution >= 4 is 21.6 Å². The van der Waals surface area contributed by atoms with E-state index in [1.54, 1.807) is 17.9 Å². The van der Waals surface area contributed by atoms with Crippen LogP contribution in [-0.2, 0) is 14.6 Å². The number of aromatic nitrogens is 2. The summed E-state index contributed by atoms with van der Waals surface area (Å²) in [5, 5.41) is 7.20. The molecule has 2 saturated heterocycles. The van der Waals surface area contributed by atoms with Crippen molar-refractivity contribution in [3.8, 4) is 0 Å². The quantitative estimate of drug-likeness (QED) is 0.771. The molecular weight excluding hydrogens is 409 g/mol. The van der Waals surface area contributed by atoms with Crippen molar-refractivity contribution in [3.63, 3.8) is 0 Å². The van der Waals surface area contributed by atoms with E-state index in [1.165, 1.54) is 0 Å². The third-order valence-electron chi connectivity index (χ3n) is 6.26. The molecule has 29 heavy (non-hydrogen) atoms. The summed E-state index contributed by atoms with van der Waals surface area (Å²) in [6.45, 7) is 2.54. The van der Waals surface area contributed by atoms with Gasteiger partial charge in [-0.1, -0.05) is 0 Å². The van der Waals surface area contributed by atoms with Crippen LogP contribution >= 0.6 is 0 Å². The monoisotopic (exact) mass is 434 g/mol. The standard InChI is InChI=1S/C18H25F3N4O3S/c1-11-7-16-22-14(8-15(18(19,20)21)25(16)23-11)12-3-2-5-24(9-12)17(26)13-4-6-29(27,28)10-13/h7,12-15,22H,2-6,8-10H2,1H3/t12-,13+,14-,15+/m0/s1. The number of piperidine rings is 1. The third-order valence-corrected chi connectivity index (χ3v) is 8.03. The number of likely N-dealkylation sites (tertiary alicyclic amines) is 1. The number of hydrogen-bond acceptors (Lipinski definition) is 5. The molecule has 3 aliphatic heterocycles. The van der Waals surface area contributed by atoms with E-state index in [0.717, 1.165) is 11.1 Å². The lowest BCUT2D eigenvalue weighted by atomic mass is 9.85.